The van der Waals surface area contributed by atoms with E-state index in [1.807, 2.05) is 27.7 Å². The molecule has 1 saturated heterocycles. The summed E-state index contributed by atoms with van der Waals surface area (Å²) in [5, 5.41) is 4.24. The number of allylic oxidation sites excluding steroid dienone is 1. The van der Waals surface area contributed by atoms with Crippen LogP contribution in [-0.2, 0) is 16.1 Å². The number of fused-ring (bicyclic) bond motifs is 1. The highest BCUT2D eigenvalue weighted by molar-refractivity contribution is 6.35. The Morgan fingerprint density at radius 3 is 2.24 bits per heavy atom. The first-order chi connectivity index (χ1) is 21.9. The van der Waals surface area contributed by atoms with Crippen molar-refractivity contribution in [1.29, 1.82) is 0 Å². The molecular formula is C33H51ClN6O5. The van der Waals surface area contributed by atoms with E-state index in [0.29, 0.717) is 65.2 Å². The molecule has 0 bridgehead atoms. The zero-order valence-corrected chi connectivity index (χ0v) is 28.9. The number of likely N-dealkylation sites (N-methyl/N-ethyl adjacent to an activating group) is 1. The Morgan fingerprint density at radius 2 is 1.67 bits per heavy atom. The van der Waals surface area contributed by atoms with Gasteiger partial charge in [-0.05, 0) is 38.2 Å². The van der Waals surface area contributed by atoms with Crippen molar-refractivity contribution >= 4 is 34.9 Å². The fourth-order valence-electron chi connectivity index (χ4n) is 4.47. The largest absolute Gasteiger partial charge is 0.497 e. The van der Waals surface area contributed by atoms with E-state index in [1.165, 1.54) is 13.2 Å². The van der Waals surface area contributed by atoms with Crippen molar-refractivity contribution in [1.82, 2.24) is 24.3 Å². The van der Waals surface area contributed by atoms with E-state index in [0.717, 1.165) is 44.5 Å². The number of anilines is 1. The number of carbonyl (C=O) groups is 1. The molecule has 1 aliphatic rings. The molecule has 12 heteroatoms. The number of nitrogens with zero attached hydrogens (tertiary/aromatic N) is 5. The summed E-state index contributed by atoms with van der Waals surface area (Å²) >= 11 is 6.67. The average molecular weight is 647 g/mol. The Hall–Kier alpha value is -3.51. The van der Waals surface area contributed by atoms with Gasteiger partial charge in [-0.25, -0.2) is 4.98 Å². The van der Waals surface area contributed by atoms with Gasteiger partial charge in [0.15, 0.2) is 0 Å². The van der Waals surface area contributed by atoms with Gasteiger partial charge in [-0.3, -0.25) is 14.2 Å². The molecule has 4 rings (SSSR count). The Bertz CT molecular complexity index is 1370. The highest BCUT2D eigenvalue weighted by Gasteiger charge is 2.20. The lowest BCUT2D eigenvalue weighted by Gasteiger charge is -2.32. The number of pyridine rings is 1. The first-order valence-corrected chi connectivity index (χ1v) is 15.8. The molecule has 0 atom stereocenters. The van der Waals surface area contributed by atoms with Crippen molar-refractivity contribution in [3.05, 3.63) is 52.4 Å². The minimum atomic E-state index is -0.176. The van der Waals surface area contributed by atoms with Crippen molar-refractivity contribution in [3.8, 4) is 22.6 Å². The van der Waals surface area contributed by atoms with E-state index >= 15 is 0 Å². The van der Waals surface area contributed by atoms with Crippen LogP contribution in [0, 0.1) is 0 Å². The molecule has 0 amide bonds. The lowest BCUT2D eigenvalue weighted by atomic mass is 10.0. The minimum absolute atomic E-state index is 0.176. The first kappa shape index (κ1) is 39.5. The van der Waals surface area contributed by atoms with Gasteiger partial charge in [-0.2, -0.15) is 4.98 Å². The van der Waals surface area contributed by atoms with Gasteiger partial charge >= 0.3 is 0 Å². The van der Waals surface area contributed by atoms with Gasteiger partial charge in [0.05, 0.1) is 25.8 Å². The molecule has 3 aromatic rings. The molecule has 250 valence electrons. The van der Waals surface area contributed by atoms with Gasteiger partial charge in [0.2, 0.25) is 5.95 Å². The molecule has 1 aliphatic heterocycles. The van der Waals surface area contributed by atoms with Crippen LogP contribution >= 0.6 is 11.6 Å². The standard InChI is InChI=1S/C26H35ClN6O4.C3H4O.2C2H6/c1-31-9-11-32(12-10-31)7-5-8-33-24-18(17-29-26(30-24)28-6-13-35-2)14-21(25(33)34)20-15-19(36-3)16-22(37-4)23(20)27;1-2-3-4;2*1-2/h14-17H,5-13H2,1-4H3,(H,28,29,30);2-3H,1H2;2*1-2H3. The number of aromatic nitrogens is 3. The van der Waals surface area contributed by atoms with E-state index in [1.54, 1.807) is 43.2 Å². The number of ether oxygens (including phenoxy) is 3. The SMILES string of the molecule is C=CC=O.CC.CC.COCCNc1ncc2cc(-c3cc(OC)cc(OC)c3Cl)c(=O)n(CCCN3CCN(C)CC3)c2n1. The maximum atomic E-state index is 13.9. The van der Waals surface area contributed by atoms with Crippen LogP contribution in [0.15, 0.2) is 41.8 Å². The molecule has 0 radical (unpaired) electrons. The fourth-order valence-corrected chi connectivity index (χ4v) is 4.76. The summed E-state index contributed by atoms with van der Waals surface area (Å²) in [6, 6.07) is 5.24. The summed E-state index contributed by atoms with van der Waals surface area (Å²) in [5.41, 5.74) is 1.38. The van der Waals surface area contributed by atoms with Gasteiger partial charge in [0, 0.05) is 75.2 Å². The van der Waals surface area contributed by atoms with Crippen molar-refractivity contribution in [3.63, 3.8) is 0 Å². The quantitative estimate of drug-likeness (QED) is 0.159. The highest BCUT2D eigenvalue weighted by Crippen LogP contribution is 2.38. The van der Waals surface area contributed by atoms with Crippen LogP contribution in [-0.4, -0.2) is 105 Å². The Kier molecular flexibility index (Phi) is 19.4. The fraction of sp³-hybridized carbons (Fsp3) is 0.515. The van der Waals surface area contributed by atoms with Crippen LogP contribution in [0.4, 0.5) is 5.95 Å². The molecular weight excluding hydrogens is 596 g/mol. The number of carbonyl (C=O) groups excluding carboxylic acids is 1. The molecule has 45 heavy (non-hydrogen) atoms. The molecule has 0 saturated carbocycles. The lowest BCUT2D eigenvalue weighted by Crippen LogP contribution is -2.44. The Labute approximate surface area is 273 Å². The smallest absolute Gasteiger partial charge is 0.260 e. The summed E-state index contributed by atoms with van der Waals surface area (Å²) < 4.78 is 17.7. The molecule has 11 nitrogen and oxygen atoms in total. The second-order valence-electron chi connectivity index (χ2n) is 9.47. The number of methoxy groups -OCH3 is 3. The molecule has 0 spiro atoms. The molecule has 1 N–H and O–H groups in total. The summed E-state index contributed by atoms with van der Waals surface area (Å²) in [6.45, 7) is 17.8. The van der Waals surface area contributed by atoms with E-state index in [-0.39, 0.29) is 5.56 Å². The van der Waals surface area contributed by atoms with E-state index in [2.05, 4.69) is 33.7 Å². The molecule has 1 aromatic carbocycles. The van der Waals surface area contributed by atoms with Gasteiger partial charge in [-0.1, -0.05) is 45.9 Å². The van der Waals surface area contributed by atoms with Crippen LogP contribution in [0.5, 0.6) is 11.5 Å². The van der Waals surface area contributed by atoms with Crippen LogP contribution in [0.1, 0.15) is 34.1 Å². The zero-order valence-electron chi connectivity index (χ0n) is 28.2. The van der Waals surface area contributed by atoms with Crippen LogP contribution in [0.25, 0.3) is 22.2 Å². The summed E-state index contributed by atoms with van der Waals surface area (Å²) in [5.74, 6) is 1.43. The van der Waals surface area contributed by atoms with Crippen LogP contribution in [0.2, 0.25) is 5.02 Å². The number of halogens is 1. The predicted molar refractivity (Wildman–Crippen MR) is 185 cm³/mol. The van der Waals surface area contributed by atoms with Crippen molar-refractivity contribution in [2.24, 2.45) is 0 Å². The average Bonchev–Trinajstić information content (AvgIpc) is 3.08. The van der Waals surface area contributed by atoms with Crippen LogP contribution < -0.4 is 20.3 Å². The second kappa shape index (κ2) is 22.1. The van der Waals surface area contributed by atoms with E-state index in [4.69, 9.17) is 35.6 Å². The molecule has 0 aliphatic carbocycles. The number of hydrogen-bond donors (Lipinski definition) is 1. The van der Waals surface area contributed by atoms with E-state index in [9.17, 15) is 4.79 Å². The third-order valence-corrected chi connectivity index (χ3v) is 7.11. The molecule has 0 unspecified atom stereocenters. The third-order valence-electron chi connectivity index (χ3n) is 6.72. The third kappa shape index (κ3) is 11.7. The van der Waals surface area contributed by atoms with E-state index < -0.39 is 0 Å². The summed E-state index contributed by atoms with van der Waals surface area (Å²) in [4.78, 5) is 36.9. The van der Waals surface area contributed by atoms with Crippen molar-refractivity contribution in [2.75, 3.05) is 79.6 Å². The number of aldehydes is 1. The lowest BCUT2D eigenvalue weighted by molar-refractivity contribution is -0.104. The number of nitrogens with one attached hydrogen (secondary N) is 1. The highest BCUT2D eigenvalue weighted by atomic mass is 35.5. The number of rotatable bonds is 12. The number of hydrogen-bond acceptors (Lipinski definition) is 10. The molecule has 1 fully saturated rings. The zero-order chi connectivity index (χ0) is 33.8. The van der Waals surface area contributed by atoms with Crippen molar-refractivity contribution < 1.29 is 19.0 Å². The van der Waals surface area contributed by atoms with Gasteiger partial charge in [-0.15, -0.1) is 0 Å². The monoisotopic (exact) mass is 646 g/mol. The number of aryl methyl sites for hydroxylation is 1. The minimum Gasteiger partial charge on any atom is -0.497 e. The number of benzene rings is 1. The molecule has 2 aromatic heterocycles. The maximum Gasteiger partial charge on any atom is 0.260 e. The number of piperazine rings is 1. The van der Waals surface area contributed by atoms with Gasteiger partial charge in [0.1, 0.15) is 23.4 Å². The normalized spacial score (nSPS) is 12.8. The molecule has 3 heterocycles. The summed E-state index contributed by atoms with van der Waals surface area (Å²) in [6.07, 6.45) is 4.37. The van der Waals surface area contributed by atoms with Gasteiger partial charge in [0.25, 0.3) is 5.56 Å². The second-order valence-corrected chi connectivity index (χ2v) is 9.85. The Balaban J connectivity index is 0.00000115. The van der Waals surface area contributed by atoms with Crippen LogP contribution in [0.3, 0.4) is 0 Å². The predicted octanol–water partition coefficient (Wildman–Crippen LogP) is 5.25. The van der Waals surface area contributed by atoms with Crippen molar-refractivity contribution in [2.45, 2.75) is 40.7 Å². The summed E-state index contributed by atoms with van der Waals surface area (Å²) in [7, 11) is 6.88. The van der Waals surface area contributed by atoms with Gasteiger partial charge < -0.3 is 29.3 Å². The maximum absolute atomic E-state index is 13.9. The topological polar surface area (TPSA) is 111 Å². The first-order valence-electron chi connectivity index (χ1n) is 15.4. The Morgan fingerprint density at radius 1 is 1.00 bits per heavy atom.